The molecule has 2 amide bonds. The van der Waals surface area contributed by atoms with Crippen molar-refractivity contribution in [2.24, 2.45) is 0 Å². The maximum Gasteiger partial charge on any atom is 0.261 e. The number of aryl methyl sites for hydroxylation is 1. The van der Waals surface area contributed by atoms with Crippen molar-refractivity contribution in [3.05, 3.63) is 121 Å². The number of rotatable bonds is 10. The fourth-order valence-electron chi connectivity index (χ4n) is 4.33. The maximum absolute atomic E-state index is 13.8. The summed E-state index contributed by atoms with van der Waals surface area (Å²) in [5, 5.41) is 3.08. The van der Waals surface area contributed by atoms with E-state index in [1.54, 1.807) is 36.7 Å². The second kappa shape index (κ2) is 13.2. The van der Waals surface area contributed by atoms with Crippen molar-refractivity contribution >= 4 is 40.7 Å². The molecule has 0 fully saturated rings. The zero-order valence-electron chi connectivity index (χ0n) is 21.0. The van der Waals surface area contributed by atoms with Gasteiger partial charge in [-0.1, -0.05) is 102 Å². The van der Waals surface area contributed by atoms with Crippen molar-refractivity contribution in [1.82, 2.24) is 10.3 Å². The minimum atomic E-state index is -1.36. The molecule has 0 radical (unpaired) electrons. The molecule has 1 N–H and O–H groups in total. The Labute approximate surface area is 233 Å². The predicted molar refractivity (Wildman–Crippen MR) is 154 cm³/mol. The highest BCUT2D eigenvalue weighted by Crippen LogP contribution is 2.32. The first-order valence-electron chi connectivity index (χ1n) is 12.4. The van der Waals surface area contributed by atoms with E-state index in [1.807, 2.05) is 67.6 Å². The molecule has 4 rings (SSSR count). The van der Waals surface area contributed by atoms with Crippen molar-refractivity contribution in [2.75, 3.05) is 4.90 Å². The normalized spacial score (nSPS) is 12.5. The number of amides is 2. The van der Waals surface area contributed by atoms with Crippen LogP contribution in [0, 0.1) is 0 Å². The topological polar surface area (TPSA) is 62.3 Å². The molecule has 7 heteroatoms. The average molecular weight is 546 g/mol. The van der Waals surface area contributed by atoms with Crippen LogP contribution in [0.5, 0.6) is 0 Å². The number of alkyl halides is 2. The summed E-state index contributed by atoms with van der Waals surface area (Å²) in [6, 6.07) is 29.8. The van der Waals surface area contributed by atoms with Crippen LogP contribution in [0.3, 0.4) is 0 Å². The maximum atomic E-state index is 13.8. The second-order valence-electron chi connectivity index (χ2n) is 9.04. The second-order valence-corrected chi connectivity index (χ2v) is 10.1. The van der Waals surface area contributed by atoms with Gasteiger partial charge in [0, 0.05) is 29.7 Å². The Hall–Kier alpha value is -3.67. The summed E-state index contributed by atoms with van der Waals surface area (Å²) in [5.74, 6) is -0.935. The van der Waals surface area contributed by atoms with Crippen LogP contribution in [0.2, 0.25) is 0 Å². The van der Waals surface area contributed by atoms with Crippen LogP contribution < -0.4 is 10.2 Å². The quantitative estimate of drug-likeness (QED) is 0.224. The number of nitrogens with one attached hydrogen (secondary N) is 1. The van der Waals surface area contributed by atoms with Gasteiger partial charge in [0.15, 0.2) is 4.84 Å². The molecule has 0 saturated heterocycles. The number of hydrogen-bond acceptors (Lipinski definition) is 3. The molecular formula is C31H29Cl2N3O2. The van der Waals surface area contributed by atoms with Crippen molar-refractivity contribution in [3.63, 3.8) is 0 Å². The Morgan fingerprint density at radius 1 is 0.842 bits per heavy atom. The zero-order valence-corrected chi connectivity index (χ0v) is 22.5. The van der Waals surface area contributed by atoms with Gasteiger partial charge in [-0.2, -0.15) is 0 Å². The Bertz CT molecular complexity index is 1320. The van der Waals surface area contributed by atoms with E-state index in [4.69, 9.17) is 23.2 Å². The third-order valence-corrected chi connectivity index (χ3v) is 6.65. The van der Waals surface area contributed by atoms with Gasteiger partial charge >= 0.3 is 0 Å². The molecule has 4 aromatic rings. The number of pyridine rings is 1. The summed E-state index contributed by atoms with van der Waals surface area (Å²) in [4.78, 5) is 31.3. The molecule has 0 bridgehead atoms. The molecular weight excluding hydrogens is 517 g/mol. The summed E-state index contributed by atoms with van der Waals surface area (Å²) in [5.41, 5.74) is 4.27. The lowest BCUT2D eigenvalue weighted by molar-refractivity contribution is -0.126. The van der Waals surface area contributed by atoms with Gasteiger partial charge < -0.3 is 5.32 Å². The zero-order chi connectivity index (χ0) is 26.9. The van der Waals surface area contributed by atoms with E-state index >= 15 is 0 Å². The van der Waals surface area contributed by atoms with Gasteiger partial charge in [0.2, 0.25) is 5.91 Å². The van der Waals surface area contributed by atoms with Crippen molar-refractivity contribution in [3.8, 4) is 11.1 Å². The molecule has 0 aliphatic rings. The fraction of sp³-hybridized carbons (Fsp3) is 0.194. The third-order valence-electron chi connectivity index (χ3n) is 6.28. The first kappa shape index (κ1) is 27.4. The van der Waals surface area contributed by atoms with Gasteiger partial charge in [-0.3, -0.25) is 19.5 Å². The van der Waals surface area contributed by atoms with Gasteiger partial charge in [0.05, 0.1) is 0 Å². The largest absolute Gasteiger partial charge is 0.352 e. The van der Waals surface area contributed by atoms with Crippen molar-refractivity contribution in [1.29, 1.82) is 0 Å². The van der Waals surface area contributed by atoms with Crippen LogP contribution in [-0.2, 0) is 16.0 Å². The molecule has 1 heterocycles. The van der Waals surface area contributed by atoms with Crippen LogP contribution in [-0.4, -0.2) is 27.7 Å². The number of carbonyl (C=O) groups excluding carboxylic acids is 2. The highest BCUT2D eigenvalue weighted by Gasteiger charge is 2.35. The number of nitrogens with zero attached hydrogens (tertiary/aromatic N) is 2. The Kier molecular flexibility index (Phi) is 9.52. The van der Waals surface area contributed by atoms with Gasteiger partial charge in [0.25, 0.3) is 5.91 Å². The van der Waals surface area contributed by atoms with Gasteiger partial charge in [-0.15, -0.1) is 0 Å². The van der Waals surface area contributed by atoms with E-state index in [2.05, 4.69) is 22.4 Å². The summed E-state index contributed by atoms with van der Waals surface area (Å²) in [6.07, 6.45) is 4.75. The van der Waals surface area contributed by atoms with Crippen LogP contribution in [0.1, 0.15) is 30.5 Å². The molecule has 0 aliphatic heterocycles. The van der Waals surface area contributed by atoms with E-state index in [1.165, 1.54) is 10.5 Å². The van der Waals surface area contributed by atoms with E-state index in [0.717, 1.165) is 24.0 Å². The highest BCUT2D eigenvalue weighted by atomic mass is 35.5. The smallest absolute Gasteiger partial charge is 0.261 e. The molecule has 38 heavy (non-hydrogen) atoms. The van der Waals surface area contributed by atoms with Crippen molar-refractivity contribution in [2.45, 2.75) is 36.7 Å². The average Bonchev–Trinajstić information content (AvgIpc) is 2.96. The number of halogens is 2. The Balaban J connectivity index is 1.64. The van der Waals surface area contributed by atoms with E-state index in [9.17, 15) is 9.59 Å². The molecule has 0 saturated carbocycles. The number of anilines is 1. The molecule has 2 atom stereocenters. The van der Waals surface area contributed by atoms with Crippen LogP contribution in [0.25, 0.3) is 11.1 Å². The third kappa shape index (κ3) is 7.00. The summed E-state index contributed by atoms with van der Waals surface area (Å²) >= 11 is 12.2. The molecule has 0 aliphatic carbocycles. The van der Waals surface area contributed by atoms with Crippen molar-refractivity contribution < 1.29 is 9.59 Å². The van der Waals surface area contributed by atoms with Crippen LogP contribution >= 0.6 is 23.2 Å². The number of carbonyl (C=O) groups is 2. The summed E-state index contributed by atoms with van der Waals surface area (Å²) in [6.45, 7) is 1.95. The SMILES string of the molecule is CC(CCc1ccccc1)NC(=O)C(c1cccnc1)N(C(=O)C(Cl)Cl)c1ccc(-c2ccccc2)cc1. The first-order chi connectivity index (χ1) is 18.4. The van der Waals surface area contributed by atoms with E-state index in [-0.39, 0.29) is 11.9 Å². The van der Waals surface area contributed by atoms with Gasteiger partial charge in [-0.25, -0.2) is 0 Å². The monoisotopic (exact) mass is 545 g/mol. The highest BCUT2D eigenvalue weighted by molar-refractivity contribution is 6.54. The molecule has 1 aromatic heterocycles. The number of benzene rings is 3. The lowest BCUT2D eigenvalue weighted by atomic mass is 10.0. The minimum Gasteiger partial charge on any atom is -0.352 e. The number of hydrogen-bond donors (Lipinski definition) is 1. The lowest BCUT2D eigenvalue weighted by Crippen LogP contribution is -2.47. The number of aromatic nitrogens is 1. The van der Waals surface area contributed by atoms with Crippen LogP contribution in [0.4, 0.5) is 5.69 Å². The summed E-state index contributed by atoms with van der Waals surface area (Å²) < 4.78 is 0. The lowest BCUT2D eigenvalue weighted by Gasteiger charge is -2.32. The molecule has 5 nitrogen and oxygen atoms in total. The van der Waals surface area contributed by atoms with Gasteiger partial charge in [0.1, 0.15) is 6.04 Å². The molecule has 3 aromatic carbocycles. The fourth-order valence-corrected chi connectivity index (χ4v) is 4.54. The molecule has 2 unspecified atom stereocenters. The standard InChI is InChI=1S/C31H29Cl2N3O2/c1-22(14-15-23-9-4-2-5-10-23)35-30(37)28(26-13-8-20-34-21-26)36(31(38)29(32)33)27-18-16-25(17-19-27)24-11-6-3-7-12-24/h2-13,16-22,28-29H,14-15H2,1H3,(H,35,37). The van der Waals surface area contributed by atoms with E-state index in [0.29, 0.717) is 11.3 Å². The first-order valence-corrected chi connectivity index (χ1v) is 13.3. The predicted octanol–water partition coefficient (Wildman–Crippen LogP) is 6.76. The van der Waals surface area contributed by atoms with Crippen LogP contribution in [0.15, 0.2) is 109 Å². The van der Waals surface area contributed by atoms with E-state index < -0.39 is 16.8 Å². The minimum absolute atomic E-state index is 0.137. The summed E-state index contributed by atoms with van der Waals surface area (Å²) in [7, 11) is 0. The molecule has 0 spiro atoms. The Morgan fingerprint density at radius 3 is 2.08 bits per heavy atom. The van der Waals surface area contributed by atoms with Gasteiger partial charge in [-0.05, 0) is 54.7 Å². The Morgan fingerprint density at radius 2 is 1.47 bits per heavy atom. The molecule has 194 valence electrons.